The summed E-state index contributed by atoms with van der Waals surface area (Å²) in [6.45, 7) is 3.92. The van der Waals surface area contributed by atoms with Crippen molar-refractivity contribution in [3.05, 3.63) is 36.4 Å². The fraction of sp³-hybridized carbons (Fsp3) is 0.250. The van der Waals surface area contributed by atoms with Gasteiger partial charge in [-0.15, -0.1) is 0 Å². The number of carbonyl (C=O) groups is 1. The third kappa shape index (κ3) is 3.31. The summed E-state index contributed by atoms with van der Waals surface area (Å²) >= 11 is 0. The van der Waals surface area contributed by atoms with Crippen molar-refractivity contribution in [3.8, 4) is 5.75 Å². The predicted molar refractivity (Wildman–Crippen MR) is 60.4 cm³/mol. The van der Waals surface area contributed by atoms with Gasteiger partial charge >= 0.3 is 6.16 Å². The van der Waals surface area contributed by atoms with Crippen molar-refractivity contribution in [2.24, 2.45) is 0 Å². The van der Waals surface area contributed by atoms with Gasteiger partial charge in [0, 0.05) is 0 Å². The van der Waals surface area contributed by atoms with E-state index < -0.39 is 6.16 Å². The van der Waals surface area contributed by atoms with Crippen LogP contribution in [0.3, 0.4) is 0 Å². The molecule has 0 spiro atoms. The number of hydrogen-bond acceptors (Lipinski definition) is 4. The van der Waals surface area contributed by atoms with Crippen molar-refractivity contribution in [2.75, 3.05) is 20.8 Å². The SMILES string of the molecule is C=C(COC(=O)OC)c1ccc(OC)cc1. The summed E-state index contributed by atoms with van der Waals surface area (Å²) < 4.78 is 14.2. The Labute approximate surface area is 94.4 Å². The minimum atomic E-state index is -0.713. The molecule has 0 atom stereocenters. The van der Waals surface area contributed by atoms with Crippen molar-refractivity contribution >= 4 is 11.7 Å². The van der Waals surface area contributed by atoms with Gasteiger partial charge in [0.05, 0.1) is 14.2 Å². The van der Waals surface area contributed by atoms with Gasteiger partial charge in [-0.1, -0.05) is 18.7 Å². The van der Waals surface area contributed by atoms with E-state index in [2.05, 4.69) is 11.3 Å². The molecule has 0 saturated carbocycles. The Morgan fingerprint density at radius 3 is 2.38 bits per heavy atom. The number of benzene rings is 1. The highest BCUT2D eigenvalue weighted by molar-refractivity contribution is 5.67. The second kappa shape index (κ2) is 5.80. The zero-order valence-corrected chi connectivity index (χ0v) is 9.36. The second-order valence-corrected chi connectivity index (χ2v) is 3.07. The Balaban J connectivity index is 2.56. The van der Waals surface area contributed by atoms with Crippen LogP contribution in [0, 0.1) is 0 Å². The van der Waals surface area contributed by atoms with Gasteiger partial charge < -0.3 is 14.2 Å². The summed E-state index contributed by atoms with van der Waals surface area (Å²) in [6, 6.07) is 7.33. The van der Waals surface area contributed by atoms with E-state index in [-0.39, 0.29) is 6.61 Å². The van der Waals surface area contributed by atoms with Gasteiger partial charge in [0.25, 0.3) is 0 Å². The minimum absolute atomic E-state index is 0.110. The lowest BCUT2D eigenvalue weighted by molar-refractivity contribution is 0.0833. The van der Waals surface area contributed by atoms with E-state index in [1.807, 2.05) is 24.3 Å². The Bertz CT molecular complexity index is 367. The predicted octanol–water partition coefficient (Wildman–Crippen LogP) is 2.49. The maximum Gasteiger partial charge on any atom is 0.508 e. The van der Waals surface area contributed by atoms with Crippen LogP contribution in [0.15, 0.2) is 30.8 Å². The van der Waals surface area contributed by atoms with Gasteiger partial charge in [0.1, 0.15) is 12.4 Å². The lowest BCUT2D eigenvalue weighted by Gasteiger charge is -2.07. The summed E-state index contributed by atoms with van der Waals surface area (Å²) in [6.07, 6.45) is -0.713. The summed E-state index contributed by atoms with van der Waals surface area (Å²) in [7, 11) is 2.86. The van der Waals surface area contributed by atoms with Crippen LogP contribution in [0.25, 0.3) is 5.57 Å². The molecule has 16 heavy (non-hydrogen) atoms. The molecule has 0 aliphatic heterocycles. The maximum atomic E-state index is 10.7. The van der Waals surface area contributed by atoms with Crippen LogP contribution in [0.4, 0.5) is 4.79 Å². The van der Waals surface area contributed by atoms with E-state index in [1.54, 1.807) is 7.11 Å². The van der Waals surface area contributed by atoms with Crippen LogP contribution in [0.5, 0.6) is 5.75 Å². The first kappa shape index (κ1) is 12.1. The maximum absolute atomic E-state index is 10.7. The molecule has 0 radical (unpaired) electrons. The Kier molecular flexibility index (Phi) is 4.39. The van der Waals surface area contributed by atoms with Crippen molar-refractivity contribution in [1.29, 1.82) is 0 Å². The molecule has 0 heterocycles. The third-order valence-electron chi connectivity index (χ3n) is 2.03. The molecule has 4 nitrogen and oxygen atoms in total. The van der Waals surface area contributed by atoms with Gasteiger partial charge in [-0.25, -0.2) is 4.79 Å². The molecule has 0 bridgehead atoms. The first-order chi connectivity index (χ1) is 7.67. The highest BCUT2D eigenvalue weighted by Crippen LogP contribution is 2.17. The van der Waals surface area contributed by atoms with Crippen LogP contribution < -0.4 is 4.74 Å². The second-order valence-electron chi connectivity index (χ2n) is 3.07. The van der Waals surface area contributed by atoms with Crippen LogP contribution >= 0.6 is 0 Å². The third-order valence-corrected chi connectivity index (χ3v) is 2.03. The van der Waals surface area contributed by atoms with Gasteiger partial charge in [0.15, 0.2) is 0 Å². The average molecular weight is 222 g/mol. The highest BCUT2D eigenvalue weighted by Gasteiger charge is 2.04. The van der Waals surface area contributed by atoms with E-state index in [4.69, 9.17) is 9.47 Å². The normalized spacial score (nSPS) is 9.38. The van der Waals surface area contributed by atoms with E-state index in [0.717, 1.165) is 11.3 Å². The first-order valence-corrected chi connectivity index (χ1v) is 4.70. The molecule has 1 aromatic rings. The molecule has 86 valence electrons. The molecule has 1 aromatic carbocycles. The number of methoxy groups -OCH3 is 2. The quantitative estimate of drug-likeness (QED) is 0.734. The Hall–Kier alpha value is -1.97. The fourth-order valence-corrected chi connectivity index (χ4v) is 1.12. The lowest BCUT2D eigenvalue weighted by Crippen LogP contribution is -2.06. The fourth-order valence-electron chi connectivity index (χ4n) is 1.12. The van der Waals surface area contributed by atoms with E-state index in [1.165, 1.54) is 7.11 Å². The van der Waals surface area contributed by atoms with Gasteiger partial charge in [-0.2, -0.15) is 0 Å². The Morgan fingerprint density at radius 1 is 1.25 bits per heavy atom. The molecule has 0 unspecified atom stereocenters. The zero-order chi connectivity index (χ0) is 12.0. The largest absolute Gasteiger partial charge is 0.508 e. The molecule has 0 saturated heterocycles. The summed E-state index contributed by atoms with van der Waals surface area (Å²) in [5, 5.41) is 0. The van der Waals surface area contributed by atoms with Crippen LogP contribution in [-0.2, 0) is 9.47 Å². The molecule has 0 aliphatic rings. The van der Waals surface area contributed by atoms with Crippen molar-refractivity contribution in [3.63, 3.8) is 0 Å². The van der Waals surface area contributed by atoms with Gasteiger partial charge in [-0.3, -0.25) is 0 Å². The van der Waals surface area contributed by atoms with E-state index in [0.29, 0.717) is 5.57 Å². The summed E-state index contributed by atoms with van der Waals surface area (Å²) in [4.78, 5) is 10.7. The van der Waals surface area contributed by atoms with E-state index >= 15 is 0 Å². The molecule has 0 aromatic heterocycles. The summed E-state index contributed by atoms with van der Waals surface area (Å²) in [5.41, 5.74) is 1.60. The molecule has 1 rings (SSSR count). The zero-order valence-electron chi connectivity index (χ0n) is 9.36. The van der Waals surface area contributed by atoms with Crippen molar-refractivity contribution < 1.29 is 19.0 Å². The lowest BCUT2D eigenvalue weighted by atomic mass is 10.1. The monoisotopic (exact) mass is 222 g/mol. The van der Waals surface area contributed by atoms with Gasteiger partial charge in [-0.05, 0) is 23.3 Å². The molecule has 4 heteroatoms. The molecular weight excluding hydrogens is 208 g/mol. The van der Waals surface area contributed by atoms with Crippen LogP contribution in [0.1, 0.15) is 5.56 Å². The smallest absolute Gasteiger partial charge is 0.497 e. The summed E-state index contributed by atoms with van der Waals surface area (Å²) in [5.74, 6) is 0.769. The minimum Gasteiger partial charge on any atom is -0.497 e. The highest BCUT2D eigenvalue weighted by atomic mass is 16.7. The topological polar surface area (TPSA) is 44.8 Å². The average Bonchev–Trinajstić information content (AvgIpc) is 2.35. The molecule has 0 aliphatic carbocycles. The molecule has 0 N–H and O–H groups in total. The van der Waals surface area contributed by atoms with Crippen LogP contribution in [-0.4, -0.2) is 27.0 Å². The van der Waals surface area contributed by atoms with Crippen LogP contribution in [0.2, 0.25) is 0 Å². The van der Waals surface area contributed by atoms with Crippen molar-refractivity contribution in [1.82, 2.24) is 0 Å². The molecule has 0 fully saturated rings. The molecular formula is C12H14O4. The van der Waals surface area contributed by atoms with E-state index in [9.17, 15) is 4.79 Å². The Morgan fingerprint density at radius 2 is 1.88 bits per heavy atom. The number of rotatable bonds is 4. The number of ether oxygens (including phenoxy) is 3. The number of carbonyl (C=O) groups excluding carboxylic acids is 1. The number of hydrogen-bond donors (Lipinski definition) is 0. The molecule has 0 amide bonds. The first-order valence-electron chi connectivity index (χ1n) is 4.70. The standard InChI is InChI=1S/C12H14O4/c1-9(8-16-12(13)15-3)10-4-6-11(14-2)7-5-10/h4-7H,1,8H2,2-3H3. The van der Waals surface area contributed by atoms with Crippen molar-refractivity contribution in [2.45, 2.75) is 0 Å². The van der Waals surface area contributed by atoms with Gasteiger partial charge in [0.2, 0.25) is 0 Å².